The molecule has 1 amide bonds. The number of para-hydroxylation sites is 1. The van der Waals surface area contributed by atoms with Crippen molar-refractivity contribution in [2.45, 2.75) is 13.0 Å². The van der Waals surface area contributed by atoms with Crippen LogP contribution in [0.2, 0.25) is 0 Å². The van der Waals surface area contributed by atoms with Gasteiger partial charge >= 0.3 is 0 Å². The van der Waals surface area contributed by atoms with Gasteiger partial charge in [-0.25, -0.2) is 0 Å². The highest BCUT2D eigenvalue weighted by Crippen LogP contribution is 2.22. The summed E-state index contributed by atoms with van der Waals surface area (Å²) < 4.78 is 10.8. The molecule has 2 aromatic carbocycles. The molecule has 0 saturated carbocycles. The van der Waals surface area contributed by atoms with Gasteiger partial charge in [0.15, 0.2) is 0 Å². The molecule has 3 rings (SSSR count). The number of nitrogens with one attached hydrogen (secondary N) is 1. The summed E-state index contributed by atoms with van der Waals surface area (Å²) in [6.45, 7) is 4.59. The minimum Gasteiger partial charge on any atom is -0.496 e. The zero-order chi connectivity index (χ0) is 16.9. The third kappa shape index (κ3) is 3.68. The van der Waals surface area contributed by atoms with Crippen molar-refractivity contribution in [1.29, 1.82) is 0 Å². The first-order chi connectivity index (χ1) is 11.7. The highest BCUT2D eigenvalue weighted by molar-refractivity contribution is 6.06. The van der Waals surface area contributed by atoms with Crippen LogP contribution in [0.5, 0.6) is 5.75 Å². The van der Waals surface area contributed by atoms with Crippen LogP contribution in [0.3, 0.4) is 0 Å². The Bertz CT molecular complexity index is 700. The van der Waals surface area contributed by atoms with Crippen molar-refractivity contribution in [1.82, 2.24) is 0 Å². The van der Waals surface area contributed by atoms with Crippen molar-refractivity contribution in [2.24, 2.45) is 0 Å². The van der Waals surface area contributed by atoms with Gasteiger partial charge in [-0.05, 0) is 43.3 Å². The van der Waals surface area contributed by atoms with Gasteiger partial charge in [-0.2, -0.15) is 0 Å². The highest BCUT2D eigenvalue weighted by Gasteiger charge is 2.17. The average molecular weight is 326 g/mol. The Labute approximate surface area is 142 Å². The number of hydrogen-bond donors (Lipinski definition) is 1. The van der Waals surface area contributed by atoms with E-state index >= 15 is 0 Å². The number of carbonyl (C=O) groups excluding carboxylic acids is 1. The van der Waals surface area contributed by atoms with Crippen molar-refractivity contribution in [2.75, 3.05) is 37.0 Å². The van der Waals surface area contributed by atoms with E-state index in [0.717, 1.165) is 31.1 Å². The first kappa shape index (κ1) is 16.3. The molecule has 1 N–H and O–H groups in total. The number of benzene rings is 2. The van der Waals surface area contributed by atoms with Gasteiger partial charge in [-0.3, -0.25) is 4.79 Å². The Hall–Kier alpha value is -2.53. The van der Waals surface area contributed by atoms with Crippen LogP contribution < -0.4 is 15.0 Å². The van der Waals surface area contributed by atoms with E-state index in [1.54, 1.807) is 19.2 Å². The van der Waals surface area contributed by atoms with E-state index in [2.05, 4.69) is 17.1 Å². The Morgan fingerprint density at radius 1 is 1.21 bits per heavy atom. The summed E-state index contributed by atoms with van der Waals surface area (Å²) in [5, 5.41) is 2.91. The maximum absolute atomic E-state index is 12.4. The summed E-state index contributed by atoms with van der Waals surface area (Å²) in [7, 11) is 1.56. The molecule has 1 heterocycles. The Kier molecular flexibility index (Phi) is 5.01. The molecular weight excluding hydrogens is 304 g/mol. The summed E-state index contributed by atoms with van der Waals surface area (Å²) in [5.74, 6) is 0.383. The lowest BCUT2D eigenvalue weighted by Gasteiger charge is -2.33. The third-order valence-electron chi connectivity index (χ3n) is 4.08. The topological polar surface area (TPSA) is 50.8 Å². The predicted molar refractivity (Wildman–Crippen MR) is 95.0 cm³/mol. The molecule has 2 aromatic rings. The van der Waals surface area contributed by atoms with Crippen LogP contribution in [0.25, 0.3) is 0 Å². The molecule has 1 aliphatic heterocycles. The largest absolute Gasteiger partial charge is 0.496 e. The van der Waals surface area contributed by atoms with E-state index < -0.39 is 0 Å². The molecule has 1 atom stereocenters. The molecule has 126 valence electrons. The molecule has 1 unspecified atom stereocenters. The predicted octanol–water partition coefficient (Wildman–Crippen LogP) is 3.17. The molecule has 1 saturated heterocycles. The fourth-order valence-electron chi connectivity index (χ4n) is 2.84. The van der Waals surface area contributed by atoms with Gasteiger partial charge in [0, 0.05) is 24.5 Å². The molecule has 5 nitrogen and oxygen atoms in total. The normalized spacial score (nSPS) is 17.4. The smallest absolute Gasteiger partial charge is 0.259 e. The van der Waals surface area contributed by atoms with Crippen molar-refractivity contribution in [3.05, 3.63) is 54.1 Å². The van der Waals surface area contributed by atoms with Gasteiger partial charge in [0.2, 0.25) is 0 Å². The van der Waals surface area contributed by atoms with E-state index in [9.17, 15) is 4.79 Å². The molecule has 1 aliphatic rings. The molecule has 5 heteroatoms. The lowest BCUT2D eigenvalue weighted by molar-refractivity contribution is 0.0532. The molecule has 0 radical (unpaired) electrons. The summed E-state index contributed by atoms with van der Waals surface area (Å²) in [6.07, 6.45) is 0.240. The van der Waals surface area contributed by atoms with E-state index in [1.807, 2.05) is 36.4 Å². The Balaban J connectivity index is 1.69. The van der Waals surface area contributed by atoms with Crippen LogP contribution in [-0.2, 0) is 4.74 Å². The Morgan fingerprint density at radius 3 is 2.67 bits per heavy atom. The van der Waals surface area contributed by atoms with Crippen LogP contribution in [0.1, 0.15) is 17.3 Å². The number of rotatable bonds is 4. The fourth-order valence-corrected chi connectivity index (χ4v) is 2.84. The first-order valence-corrected chi connectivity index (χ1v) is 8.08. The third-order valence-corrected chi connectivity index (χ3v) is 4.08. The number of anilines is 2. The number of carbonyl (C=O) groups is 1. The fraction of sp³-hybridized carbons (Fsp3) is 0.316. The molecule has 1 fully saturated rings. The second-order valence-electron chi connectivity index (χ2n) is 5.83. The molecule has 0 bridgehead atoms. The minimum absolute atomic E-state index is 0.180. The average Bonchev–Trinajstić information content (AvgIpc) is 2.62. The standard InChI is InChI=1S/C19H22N2O3/c1-14-13-21(11-12-24-14)16-9-7-15(8-10-16)20-19(22)17-5-3-4-6-18(17)23-2/h3-10,14H,11-13H2,1-2H3,(H,20,22). The van der Waals surface area contributed by atoms with Crippen LogP contribution in [0.15, 0.2) is 48.5 Å². The second-order valence-corrected chi connectivity index (χ2v) is 5.83. The van der Waals surface area contributed by atoms with E-state index in [-0.39, 0.29) is 12.0 Å². The van der Waals surface area contributed by atoms with Crippen LogP contribution >= 0.6 is 0 Å². The number of methoxy groups -OCH3 is 1. The molecule has 0 aromatic heterocycles. The van der Waals surface area contributed by atoms with Crippen LogP contribution in [-0.4, -0.2) is 38.8 Å². The van der Waals surface area contributed by atoms with Gasteiger partial charge in [0.1, 0.15) is 5.75 Å². The van der Waals surface area contributed by atoms with Gasteiger partial charge < -0.3 is 19.7 Å². The van der Waals surface area contributed by atoms with E-state index in [4.69, 9.17) is 9.47 Å². The first-order valence-electron chi connectivity index (χ1n) is 8.08. The van der Waals surface area contributed by atoms with E-state index in [1.165, 1.54) is 0 Å². The second kappa shape index (κ2) is 7.36. The number of amides is 1. The van der Waals surface area contributed by atoms with Crippen LogP contribution in [0, 0.1) is 0 Å². The highest BCUT2D eigenvalue weighted by atomic mass is 16.5. The number of morpholine rings is 1. The lowest BCUT2D eigenvalue weighted by Crippen LogP contribution is -2.41. The quantitative estimate of drug-likeness (QED) is 0.937. The van der Waals surface area contributed by atoms with Gasteiger partial charge in [0.25, 0.3) is 5.91 Å². The van der Waals surface area contributed by atoms with Crippen molar-refractivity contribution in [3.8, 4) is 5.75 Å². The monoisotopic (exact) mass is 326 g/mol. The van der Waals surface area contributed by atoms with Gasteiger partial charge in [-0.15, -0.1) is 0 Å². The van der Waals surface area contributed by atoms with Crippen molar-refractivity contribution in [3.63, 3.8) is 0 Å². The molecule has 24 heavy (non-hydrogen) atoms. The summed E-state index contributed by atoms with van der Waals surface area (Å²) in [4.78, 5) is 14.7. The SMILES string of the molecule is COc1ccccc1C(=O)Nc1ccc(N2CCOC(C)C2)cc1. The van der Waals surface area contributed by atoms with Gasteiger partial charge in [-0.1, -0.05) is 12.1 Å². The number of hydrogen-bond acceptors (Lipinski definition) is 4. The van der Waals surface area contributed by atoms with Crippen molar-refractivity contribution < 1.29 is 14.3 Å². The maximum Gasteiger partial charge on any atom is 0.259 e. The summed E-state index contributed by atoms with van der Waals surface area (Å²) in [5.41, 5.74) is 2.42. The zero-order valence-electron chi connectivity index (χ0n) is 14.0. The molecule has 0 spiro atoms. The van der Waals surface area contributed by atoms with E-state index in [0.29, 0.717) is 11.3 Å². The summed E-state index contributed by atoms with van der Waals surface area (Å²) >= 11 is 0. The number of ether oxygens (including phenoxy) is 2. The van der Waals surface area contributed by atoms with Crippen molar-refractivity contribution >= 4 is 17.3 Å². The molecule has 0 aliphatic carbocycles. The molecular formula is C19H22N2O3. The lowest BCUT2D eigenvalue weighted by atomic mass is 10.1. The zero-order valence-corrected chi connectivity index (χ0v) is 14.0. The van der Waals surface area contributed by atoms with Gasteiger partial charge in [0.05, 0.1) is 25.4 Å². The Morgan fingerprint density at radius 2 is 1.96 bits per heavy atom. The summed E-state index contributed by atoms with van der Waals surface area (Å²) in [6, 6.07) is 15.1. The minimum atomic E-state index is -0.180. The van der Waals surface area contributed by atoms with Crippen LogP contribution in [0.4, 0.5) is 11.4 Å². The number of nitrogens with zero attached hydrogens (tertiary/aromatic N) is 1. The maximum atomic E-state index is 12.4.